The maximum absolute atomic E-state index is 5.27. The highest BCUT2D eigenvalue weighted by Crippen LogP contribution is 2.40. The van der Waals surface area contributed by atoms with Gasteiger partial charge >= 0.3 is 0 Å². The van der Waals surface area contributed by atoms with Gasteiger partial charge in [0.2, 0.25) is 0 Å². The van der Waals surface area contributed by atoms with E-state index in [9.17, 15) is 0 Å². The Bertz CT molecular complexity index is 156. The van der Waals surface area contributed by atoms with Crippen LogP contribution in [-0.4, -0.2) is 25.8 Å². The molecule has 0 atom stereocenters. The molecule has 2 nitrogen and oxygen atoms in total. The van der Waals surface area contributed by atoms with E-state index in [1.165, 1.54) is 19.3 Å². The van der Waals surface area contributed by atoms with Gasteiger partial charge in [0.25, 0.3) is 0 Å². The topological polar surface area (TPSA) is 21.3 Å². The maximum atomic E-state index is 5.27. The Morgan fingerprint density at radius 2 is 1.92 bits per heavy atom. The molecule has 1 aliphatic rings. The second-order valence-corrected chi connectivity index (χ2v) is 5.39. The van der Waals surface area contributed by atoms with E-state index in [1.807, 2.05) is 0 Å². The van der Waals surface area contributed by atoms with Crippen molar-refractivity contribution >= 4 is 0 Å². The van der Waals surface area contributed by atoms with Crippen molar-refractivity contribution in [2.24, 2.45) is 5.41 Å². The van der Waals surface area contributed by atoms with Crippen LogP contribution in [0.25, 0.3) is 0 Å². The van der Waals surface area contributed by atoms with Gasteiger partial charge < -0.3 is 10.1 Å². The van der Waals surface area contributed by atoms with Crippen molar-refractivity contribution in [3.05, 3.63) is 0 Å². The monoisotopic (exact) mass is 185 g/mol. The molecule has 0 amide bonds. The molecule has 0 heterocycles. The molecule has 1 N–H and O–H groups in total. The van der Waals surface area contributed by atoms with Crippen molar-refractivity contribution in [1.82, 2.24) is 5.32 Å². The Morgan fingerprint density at radius 1 is 1.31 bits per heavy atom. The summed E-state index contributed by atoms with van der Waals surface area (Å²) in [4.78, 5) is 0. The lowest BCUT2D eigenvalue weighted by molar-refractivity contribution is 0.0136. The molecule has 0 saturated heterocycles. The van der Waals surface area contributed by atoms with Crippen LogP contribution in [-0.2, 0) is 4.74 Å². The van der Waals surface area contributed by atoms with Gasteiger partial charge in [0.1, 0.15) is 0 Å². The fraction of sp³-hybridized carbons (Fsp3) is 1.00. The van der Waals surface area contributed by atoms with Crippen molar-refractivity contribution in [3.8, 4) is 0 Å². The van der Waals surface area contributed by atoms with E-state index in [-0.39, 0.29) is 5.54 Å². The van der Waals surface area contributed by atoms with E-state index in [2.05, 4.69) is 26.1 Å². The summed E-state index contributed by atoms with van der Waals surface area (Å²) in [6.45, 7) is 8.66. The summed E-state index contributed by atoms with van der Waals surface area (Å²) in [6.07, 6.45) is 4.02. The summed E-state index contributed by atoms with van der Waals surface area (Å²) in [5, 5.41) is 3.57. The Kier molecular flexibility index (Phi) is 3.36. The highest BCUT2D eigenvalue weighted by Gasteiger charge is 2.37. The lowest BCUT2D eigenvalue weighted by atomic mass is 9.69. The predicted octanol–water partition coefficient (Wildman–Crippen LogP) is 2.19. The van der Waals surface area contributed by atoms with E-state index < -0.39 is 0 Å². The zero-order chi connectivity index (χ0) is 9.95. The van der Waals surface area contributed by atoms with Crippen LogP contribution >= 0.6 is 0 Å². The third-order valence-corrected chi connectivity index (χ3v) is 2.86. The van der Waals surface area contributed by atoms with E-state index in [0.29, 0.717) is 5.41 Å². The van der Waals surface area contributed by atoms with Gasteiger partial charge in [-0.3, -0.25) is 0 Å². The molecule has 1 rings (SSSR count). The SMILES string of the molecule is COCC1(CNC(C)(C)C)CCC1. The van der Waals surface area contributed by atoms with Crippen LogP contribution in [0.1, 0.15) is 40.0 Å². The van der Waals surface area contributed by atoms with Gasteiger partial charge in [0.05, 0.1) is 6.61 Å². The molecule has 0 aromatic heterocycles. The minimum absolute atomic E-state index is 0.232. The van der Waals surface area contributed by atoms with Crippen LogP contribution in [0.4, 0.5) is 0 Å². The van der Waals surface area contributed by atoms with E-state index in [0.717, 1.165) is 13.2 Å². The zero-order valence-electron chi connectivity index (χ0n) is 9.44. The number of hydrogen-bond donors (Lipinski definition) is 1. The fourth-order valence-electron chi connectivity index (χ4n) is 1.81. The van der Waals surface area contributed by atoms with Crippen molar-refractivity contribution < 1.29 is 4.74 Å². The summed E-state index contributed by atoms with van der Waals surface area (Å²) in [7, 11) is 1.80. The number of nitrogens with one attached hydrogen (secondary N) is 1. The highest BCUT2D eigenvalue weighted by molar-refractivity contribution is 4.91. The first kappa shape index (κ1) is 11.0. The summed E-state index contributed by atoms with van der Waals surface area (Å²) in [5.74, 6) is 0. The third-order valence-electron chi connectivity index (χ3n) is 2.86. The van der Waals surface area contributed by atoms with Gasteiger partial charge in [-0.15, -0.1) is 0 Å². The average Bonchev–Trinajstić information content (AvgIpc) is 1.92. The lowest BCUT2D eigenvalue weighted by Gasteiger charge is -2.43. The molecule has 78 valence electrons. The molecular weight excluding hydrogens is 162 g/mol. The minimum Gasteiger partial charge on any atom is -0.384 e. The van der Waals surface area contributed by atoms with Gasteiger partial charge in [-0.2, -0.15) is 0 Å². The number of ether oxygens (including phenoxy) is 1. The van der Waals surface area contributed by atoms with Crippen LogP contribution in [0, 0.1) is 5.41 Å². The summed E-state index contributed by atoms with van der Waals surface area (Å²) in [5.41, 5.74) is 0.679. The van der Waals surface area contributed by atoms with Gasteiger partial charge in [-0.1, -0.05) is 6.42 Å². The summed E-state index contributed by atoms with van der Waals surface area (Å²) < 4.78 is 5.27. The Labute approximate surface area is 82.0 Å². The number of rotatable bonds is 4. The molecule has 0 aromatic rings. The smallest absolute Gasteiger partial charge is 0.0530 e. The first-order valence-corrected chi connectivity index (χ1v) is 5.21. The van der Waals surface area contributed by atoms with Crippen LogP contribution in [0.5, 0.6) is 0 Å². The maximum Gasteiger partial charge on any atom is 0.0530 e. The van der Waals surface area contributed by atoms with Crippen molar-refractivity contribution in [2.75, 3.05) is 20.3 Å². The standard InChI is InChI=1S/C11H23NO/c1-10(2,3)12-8-11(9-13-4)6-5-7-11/h12H,5-9H2,1-4H3. The molecule has 1 fully saturated rings. The van der Waals surface area contributed by atoms with Crippen LogP contribution < -0.4 is 5.32 Å². The first-order chi connectivity index (χ1) is 5.97. The van der Waals surface area contributed by atoms with Gasteiger partial charge in [0.15, 0.2) is 0 Å². The summed E-state index contributed by atoms with van der Waals surface area (Å²) in [6, 6.07) is 0. The molecule has 0 aliphatic heterocycles. The highest BCUT2D eigenvalue weighted by atomic mass is 16.5. The largest absolute Gasteiger partial charge is 0.384 e. The average molecular weight is 185 g/mol. The molecule has 0 unspecified atom stereocenters. The minimum atomic E-state index is 0.232. The Balaban J connectivity index is 2.32. The van der Waals surface area contributed by atoms with Crippen LogP contribution in [0.3, 0.4) is 0 Å². The molecule has 2 heteroatoms. The molecule has 0 radical (unpaired) electrons. The van der Waals surface area contributed by atoms with Crippen LogP contribution in [0.15, 0.2) is 0 Å². The number of methoxy groups -OCH3 is 1. The van der Waals surface area contributed by atoms with E-state index in [4.69, 9.17) is 4.74 Å². The fourth-order valence-corrected chi connectivity index (χ4v) is 1.81. The van der Waals surface area contributed by atoms with Gasteiger partial charge in [-0.25, -0.2) is 0 Å². The molecule has 0 bridgehead atoms. The van der Waals surface area contributed by atoms with Gasteiger partial charge in [0, 0.05) is 24.6 Å². The summed E-state index contributed by atoms with van der Waals surface area (Å²) >= 11 is 0. The van der Waals surface area contributed by atoms with Crippen molar-refractivity contribution in [2.45, 2.75) is 45.6 Å². The second-order valence-electron chi connectivity index (χ2n) is 5.39. The Hall–Kier alpha value is -0.0800. The normalized spacial score (nSPS) is 21.2. The van der Waals surface area contributed by atoms with Gasteiger partial charge in [-0.05, 0) is 33.6 Å². The molecule has 0 aromatic carbocycles. The van der Waals surface area contributed by atoms with E-state index >= 15 is 0 Å². The first-order valence-electron chi connectivity index (χ1n) is 5.21. The van der Waals surface area contributed by atoms with Crippen molar-refractivity contribution in [1.29, 1.82) is 0 Å². The molecule has 0 spiro atoms. The van der Waals surface area contributed by atoms with E-state index in [1.54, 1.807) is 7.11 Å². The Morgan fingerprint density at radius 3 is 2.23 bits per heavy atom. The number of hydrogen-bond acceptors (Lipinski definition) is 2. The molecular formula is C11H23NO. The molecule has 13 heavy (non-hydrogen) atoms. The van der Waals surface area contributed by atoms with Crippen molar-refractivity contribution in [3.63, 3.8) is 0 Å². The lowest BCUT2D eigenvalue weighted by Crippen LogP contribution is -2.48. The predicted molar refractivity (Wildman–Crippen MR) is 55.9 cm³/mol. The third kappa shape index (κ3) is 3.28. The molecule has 1 aliphatic carbocycles. The quantitative estimate of drug-likeness (QED) is 0.725. The molecule has 1 saturated carbocycles. The zero-order valence-corrected chi connectivity index (χ0v) is 9.44. The van der Waals surface area contributed by atoms with Crippen LogP contribution in [0.2, 0.25) is 0 Å². The second kappa shape index (κ2) is 3.97.